The lowest BCUT2D eigenvalue weighted by atomic mass is 9.90. The molecule has 0 bridgehead atoms. The van der Waals surface area contributed by atoms with Crippen LogP contribution in [0.4, 0.5) is 0 Å². The molecule has 0 amide bonds. The molecule has 3 nitrogen and oxygen atoms in total. The maximum atomic E-state index is 6.28. The van der Waals surface area contributed by atoms with Gasteiger partial charge in [-0.2, -0.15) is 0 Å². The molecule has 2 aliphatic carbocycles. The minimum atomic E-state index is -0.0675. The summed E-state index contributed by atoms with van der Waals surface area (Å²) in [5.74, 6) is 1.56. The van der Waals surface area contributed by atoms with E-state index in [1.54, 1.807) is 18.2 Å². The average Bonchev–Trinajstić information content (AvgIpc) is 3.66. The van der Waals surface area contributed by atoms with E-state index in [0.717, 1.165) is 42.6 Å². The molecule has 0 aliphatic heterocycles. The first-order valence-corrected chi connectivity index (χ1v) is 10.7. The molecule has 0 N–H and O–H groups in total. The minimum Gasteiger partial charge on any atom is -0.491 e. The molecule has 1 heterocycles. The molecule has 2 saturated carbocycles. The lowest BCUT2D eigenvalue weighted by molar-refractivity contribution is 0.278. The van der Waals surface area contributed by atoms with E-state index in [2.05, 4.69) is 29.2 Å². The van der Waals surface area contributed by atoms with E-state index in [9.17, 15) is 0 Å². The summed E-state index contributed by atoms with van der Waals surface area (Å²) in [5.41, 5.74) is 3.41. The van der Waals surface area contributed by atoms with E-state index in [-0.39, 0.29) is 5.41 Å². The Labute approximate surface area is 180 Å². The van der Waals surface area contributed by atoms with Gasteiger partial charge in [-0.05, 0) is 61.1 Å². The Morgan fingerprint density at radius 3 is 2.59 bits per heavy atom. The molecule has 2 aromatic carbocycles. The molecule has 148 valence electrons. The number of hydrogen-bond acceptors (Lipinski definition) is 3. The SMILES string of the molecule is Clc1ccc(Cl)c(OCC2(c3cnccc3-c3ccccc3OC3CC3)CC2)c1. The van der Waals surface area contributed by atoms with Crippen molar-refractivity contribution in [3.8, 4) is 22.6 Å². The Morgan fingerprint density at radius 1 is 0.966 bits per heavy atom. The van der Waals surface area contributed by atoms with Crippen molar-refractivity contribution in [2.24, 2.45) is 0 Å². The third-order valence-corrected chi connectivity index (χ3v) is 6.19. The van der Waals surface area contributed by atoms with Gasteiger partial charge in [0.25, 0.3) is 0 Å². The molecule has 29 heavy (non-hydrogen) atoms. The molecule has 0 atom stereocenters. The molecule has 5 heteroatoms. The minimum absolute atomic E-state index is 0.0675. The maximum absolute atomic E-state index is 6.28. The predicted molar refractivity (Wildman–Crippen MR) is 116 cm³/mol. The topological polar surface area (TPSA) is 31.4 Å². The fraction of sp³-hybridized carbons (Fsp3) is 0.292. The third-order valence-electron chi connectivity index (χ3n) is 5.64. The Bertz CT molecular complexity index is 1040. The number of benzene rings is 2. The highest BCUT2D eigenvalue weighted by Crippen LogP contribution is 2.52. The molecule has 0 radical (unpaired) electrons. The zero-order valence-corrected chi connectivity index (χ0v) is 17.4. The number of pyridine rings is 1. The number of aromatic nitrogens is 1. The number of nitrogens with zero attached hydrogens (tertiary/aromatic N) is 1. The molecule has 3 aromatic rings. The van der Waals surface area contributed by atoms with Crippen molar-refractivity contribution >= 4 is 23.2 Å². The molecular weight excluding hydrogens is 405 g/mol. The molecule has 1 aromatic heterocycles. The second-order valence-corrected chi connectivity index (χ2v) is 8.72. The first-order chi connectivity index (χ1) is 14.1. The van der Waals surface area contributed by atoms with Crippen LogP contribution in [0.5, 0.6) is 11.5 Å². The van der Waals surface area contributed by atoms with Gasteiger partial charge >= 0.3 is 0 Å². The van der Waals surface area contributed by atoms with Crippen LogP contribution >= 0.6 is 23.2 Å². The van der Waals surface area contributed by atoms with Gasteiger partial charge in [0, 0.05) is 34.5 Å². The Kier molecular flexibility index (Phi) is 4.89. The quantitative estimate of drug-likeness (QED) is 0.421. The summed E-state index contributed by atoms with van der Waals surface area (Å²) in [7, 11) is 0. The number of halogens is 2. The average molecular weight is 426 g/mol. The van der Waals surface area contributed by atoms with E-state index in [1.165, 1.54) is 5.56 Å². The van der Waals surface area contributed by atoms with E-state index in [4.69, 9.17) is 32.7 Å². The van der Waals surface area contributed by atoms with E-state index < -0.39 is 0 Å². The molecule has 0 saturated heterocycles. The van der Waals surface area contributed by atoms with Crippen molar-refractivity contribution in [3.05, 3.63) is 76.5 Å². The lowest BCUT2D eigenvalue weighted by Crippen LogP contribution is -2.19. The van der Waals surface area contributed by atoms with Crippen LogP contribution in [0.2, 0.25) is 10.0 Å². The van der Waals surface area contributed by atoms with Gasteiger partial charge < -0.3 is 9.47 Å². The Hall–Kier alpha value is -2.23. The lowest BCUT2D eigenvalue weighted by Gasteiger charge is -2.21. The van der Waals surface area contributed by atoms with Crippen LogP contribution in [0, 0.1) is 0 Å². The third kappa shape index (κ3) is 3.94. The van der Waals surface area contributed by atoms with Crippen molar-refractivity contribution in [1.82, 2.24) is 4.98 Å². The summed E-state index contributed by atoms with van der Waals surface area (Å²) in [4.78, 5) is 4.42. The van der Waals surface area contributed by atoms with Gasteiger partial charge in [-0.3, -0.25) is 4.98 Å². The van der Waals surface area contributed by atoms with E-state index in [1.807, 2.05) is 18.5 Å². The number of rotatable bonds is 7. The zero-order valence-electron chi connectivity index (χ0n) is 15.9. The number of ether oxygens (including phenoxy) is 2. The molecule has 0 unspecified atom stereocenters. The fourth-order valence-corrected chi connectivity index (χ4v) is 3.99. The monoisotopic (exact) mass is 425 g/mol. The normalized spacial score (nSPS) is 17.0. The van der Waals surface area contributed by atoms with Gasteiger partial charge in [0.15, 0.2) is 0 Å². The van der Waals surface area contributed by atoms with Crippen LogP contribution in [0.25, 0.3) is 11.1 Å². The second kappa shape index (κ2) is 7.55. The van der Waals surface area contributed by atoms with E-state index >= 15 is 0 Å². The highest BCUT2D eigenvalue weighted by Gasteiger charge is 2.47. The standard InChI is InChI=1S/C24H21Cl2NO2/c25-16-5-8-21(26)23(13-16)28-15-24(10-11-24)20-14-27-12-9-18(20)19-3-1-2-4-22(19)29-17-6-7-17/h1-5,8-9,12-14,17H,6-7,10-11,15H2. The van der Waals surface area contributed by atoms with Gasteiger partial charge in [-0.1, -0.05) is 41.4 Å². The Balaban J connectivity index is 1.46. The number of hydrogen-bond donors (Lipinski definition) is 0. The van der Waals surface area contributed by atoms with Crippen LogP contribution in [0.3, 0.4) is 0 Å². The molecule has 0 spiro atoms. The second-order valence-electron chi connectivity index (χ2n) is 7.88. The summed E-state index contributed by atoms with van der Waals surface area (Å²) < 4.78 is 12.3. The van der Waals surface area contributed by atoms with Gasteiger partial charge in [-0.15, -0.1) is 0 Å². The van der Waals surface area contributed by atoms with Gasteiger partial charge in [-0.25, -0.2) is 0 Å². The predicted octanol–water partition coefficient (Wildman–Crippen LogP) is 6.71. The van der Waals surface area contributed by atoms with Crippen molar-refractivity contribution in [1.29, 1.82) is 0 Å². The molecular formula is C24H21Cl2NO2. The largest absolute Gasteiger partial charge is 0.491 e. The highest BCUT2D eigenvalue weighted by atomic mass is 35.5. The summed E-state index contributed by atoms with van der Waals surface area (Å²) >= 11 is 12.4. The van der Waals surface area contributed by atoms with E-state index in [0.29, 0.717) is 28.5 Å². The molecule has 5 rings (SSSR count). The van der Waals surface area contributed by atoms with Gasteiger partial charge in [0.1, 0.15) is 11.5 Å². The first kappa shape index (κ1) is 18.8. The van der Waals surface area contributed by atoms with Crippen molar-refractivity contribution in [3.63, 3.8) is 0 Å². The Morgan fingerprint density at radius 2 is 1.79 bits per heavy atom. The summed E-state index contributed by atoms with van der Waals surface area (Å²) in [6.45, 7) is 0.539. The first-order valence-electron chi connectivity index (χ1n) is 9.93. The van der Waals surface area contributed by atoms with Crippen LogP contribution in [0.15, 0.2) is 60.9 Å². The van der Waals surface area contributed by atoms with Gasteiger partial charge in [0.2, 0.25) is 0 Å². The van der Waals surface area contributed by atoms with Crippen LogP contribution in [0.1, 0.15) is 31.2 Å². The van der Waals surface area contributed by atoms with Crippen LogP contribution < -0.4 is 9.47 Å². The summed E-state index contributed by atoms with van der Waals surface area (Å²) in [6.07, 6.45) is 8.54. The smallest absolute Gasteiger partial charge is 0.139 e. The number of para-hydroxylation sites is 1. The van der Waals surface area contributed by atoms with Gasteiger partial charge in [0.05, 0.1) is 17.7 Å². The fourth-order valence-electron chi connectivity index (χ4n) is 3.66. The van der Waals surface area contributed by atoms with Crippen molar-refractivity contribution in [2.45, 2.75) is 37.2 Å². The molecule has 2 aliphatic rings. The summed E-state index contributed by atoms with van der Waals surface area (Å²) in [6, 6.07) is 15.6. The van der Waals surface area contributed by atoms with Crippen LogP contribution in [-0.2, 0) is 5.41 Å². The van der Waals surface area contributed by atoms with Crippen LogP contribution in [-0.4, -0.2) is 17.7 Å². The van der Waals surface area contributed by atoms with Crippen molar-refractivity contribution < 1.29 is 9.47 Å². The summed E-state index contributed by atoms with van der Waals surface area (Å²) in [5, 5.41) is 1.18. The zero-order chi connectivity index (χ0) is 19.8. The highest BCUT2D eigenvalue weighted by molar-refractivity contribution is 6.34. The maximum Gasteiger partial charge on any atom is 0.139 e. The molecule has 2 fully saturated rings. The van der Waals surface area contributed by atoms with Crippen molar-refractivity contribution in [2.75, 3.05) is 6.61 Å².